The lowest BCUT2D eigenvalue weighted by atomic mass is 10.1. The van der Waals surface area contributed by atoms with Crippen LogP contribution in [-0.4, -0.2) is 24.5 Å². The van der Waals surface area contributed by atoms with Gasteiger partial charge >= 0.3 is 0 Å². The number of H-pyrrole nitrogens is 1. The van der Waals surface area contributed by atoms with Crippen LogP contribution in [0.3, 0.4) is 0 Å². The number of amides is 1. The minimum atomic E-state index is 0.0546. The highest BCUT2D eigenvalue weighted by Crippen LogP contribution is 2.23. The van der Waals surface area contributed by atoms with Crippen LogP contribution in [-0.2, 0) is 17.6 Å². The molecule has 0 radical (unpaired) electrons. The van der Waals surface area contributed by atoms with Gasteiger partial charge in [-0.05, 0) is 55.7 Å². The molecule has 0 aliphatic heterocycles. The molecule has 4 heteroatoms. The number of nitrogens with one attached hydrogen (secondary N) is 2. The Bertz CT molecular complexity index is 879. The maximum Gasteiger partial charge on any atom is 0.224 e. The third-order valence-corrected chi connectivity index (χ3v) is 4.51. The van der Waals surface area contributed by atoms with E-state index >= 15 is 0 Å². The molecule has 0 spiro atoms. The molecule has 25 heavy (non-hydrogen) atoms. The molecule has 0 aliphatic rings. The lowest BCUT2D eigenvalue weighted by molar-refractivity contribution is -0.120. The summed E-state index contributed by atoms with van der Waals surface area (Å²) in [5.74, 6) is 0.900. The third-order valence-electron chi connectivity index (χ3n) is 4.51. The topological polar surface area (TPSA) is 54.1 Å². The predicted molar refractivity (Wildman–Crippen MR) is 101 cm³/mol. The van der Waals surface area contributed by atoms with Crippen molar-refractivity contribution in [2.24, 2.45) is 0 Å². The van der Waals surface area contributed by atoms with Crippen LogP contribution in [0.2, 0.25) is 0 Å². The summed E-state index contributed by atoms with van der Waals surface area (Å²) in [6, 6.07) is 14.2. The van der Waals surface area contributed by atoms with Crippen molar-refractivity contribution < 1.29 is 9.53 Å². The van der Waals surface area contributed by atoms with Crippen LogP contribution in [0.1, 0.15) is 22.4 Å². The minimum Gasteiger partial charge on any atom is -0.497 e. The lowest BCUT2D eigenvalue weighted by Gasteiger charge is -2.07. The Hall–Kier alpha value is -2.75. The Balaban J connectivity index is 1.59. The van der Waals surface area contributed by atoms with Crippen molar-refractivity contribution in [2.45, 2.75) is 26.7 Å². The minimum absolute atomic E-state index is 0.0546. The average molecular weight is 336 g/mol. The Morgan fingerprint density at radius 3 is 2.60 bits per heavy atom. The lowest BCUT2D eigenvalue weighted by Crippen LogP contribution is -2.27. The molecule has 1 aromatic heterocycles. The fraction of sp³-hybridized carbons (Fsp3) is 0.286. The second kappa shape index (κ2) is 7.43. The molecule has 0 atom stereocenters. The zero-order valence-corrected chi connectivity index (χ0v) is 15.0. The highest BCUT2D eigenvalue weighted by molar-refractivity contribution is 5.90. The second-order valence-corrected chi connectivity index (χ2v) is 6.40. The fourth-order valence-electron chi connectivity index (χ4n) is 3.09. The number of hydrogen-bond donors (Lipinski definition) is 2. The predicted octanol–water partition coefficient (Wildman–Crippen LogP) is 3.69. The van der Waals surface area contributed by atoms with E-state index < -0.39 is 0 Å². The molecule has 130 valence electrons. The zero-order chi connectivity index (χ0) is 17.8. The van der Waals surface area contributed by atoms with Gasteiger partial charge in [-0.1, -0.05) is 23.8 Å². The van der Waals surface area contributed by atoms with Gasteiger partial charge in [-0.2, -0.15) is 0 Å². The van der Waals surface area contributed by atoms with Gasteiger partial charge in [-0.3, -0.25) is 4.79 Å². The average Bonchev–Trinajstić information content (AvgIpc) is 2.91. The fourth-order valence-corrected chi connectivity index (χ4v) is 3.09. The van der Waals surface area contributed by atoms with Crippen molar-refractivity contribution in [3.8, 4) is 5.75 Å². The number of fused-ring (bicyclic) bond motifs is 1. The van der Waals surface area contributed by atoms with Crippen molar-refractivity contribution >= 4 is 16.8 Å². The first-order valence-electron chi connectivity index (χ1n) is 8.54. The van der Waals surface area contributed by atoms with Gasteiger partial charge in [0.25, 0.3) is 0 Å². The van der Waals surface area contributed by atoms with E-state index in [4.69, 9.17) is 4.74 Å². The van der Waals surface area contributed by atoms with Crippen LogP contribution in [0.4, 0.5) is 0 Å². The molecule has 3 rings (SSSR count). The molecule has 3 aromatic rings. The van der Waals surface area contributed by atoms with E-state index in [1.54, 1.807) is 7.11 Å². The van der Waals surface area contributed by atoms with Crippen molar-refractivity contribution in [1.82, 2.24) is 10.3 Å². The molecule has 1 heterocycles. The molecule has 0 saturated heterocycles. The number of aryl methyl sites for hydroxylation is 2. The van der Waals surface area contributed by atoms with E-state index in [0.717, 1.165) is 34.3 Å². The van der Waals surface area contributed by atoms with Gasteiger partial charge < -0.3 is 15.0 Å². The molecule has 0 fully saturated rings. The summed E-state index contributed by atoms with van der Waals surface area (Å²) in [6.45, 7) is 4.72. The first kappa shape index (κ1) is 17.1. The summed E-state index contributed by atoms with van der Waals surface area (Å²) in [5, 5.41) is 4.16. The number of aromatic nitrogens is 1. The van der Waals surface area contributed by atoms with Crippen LogP contribution in [0.15, 0.2) is 42.5 Å². The summed E-state index contributed by atoms with van der Waals surface area (Å²) >= 11 is 0. The SMILES string of the molecule is COc1ccc(CCNC(=O)Cc2c(C)[nH]c3ccc(C)cc23)cc1. The van der Waals surface area contributed by atoms with Crippen molar-refractivity contribution in [2.75, 3.05) is 13.7 Å². The third kappa shape index (κ3) is 4.02. The summed E-state index contributed by atoms with van der Waals surface area (Å²) in [6.07, 6.45) is 1.21. The molecular formula is C21H24N2O2. The van der Waals surface area contributed by atoms with E-state index in [2.05, 4.69) is 35.4 Å². The number of carbonyl (C=O) groups is 1. The van der Waals surface area contributed by atoms with E-state index in [0.29, 0.717) is 13.0 Å². The van der Waals surface area contributed by atoms with Gasteiger partial charge in [0.2, 0.25) is 5.91 Å². The first-order chi connectivity index (χ1) is 12.1. The molecular weight excluding hydrogens is 312 g/mol. The maximum absolute atomic E-state index is 12.3. The highest BCUT2D eigenvalue weighted by atomic mass is 16.5. The van der Waals surface area contributed by atoms with Gasteiger partial charge in [0.1, 0.15) is 5.75 Å². The molecule has 0 unspecified atom stereocenters. The van der Waals surface area contributed by atoms with Crippen LogP contribution < -0.4 is 10.1 Å². The van der Waals surface area contributed by atoms with Gasteiger partial charge in [0, 0.05) is 23.1 Å². The first-order valence-corrected chi connectivity index (χ1v) is 8.54. The standard InChI is InChI=1S/C21H24N2O2/c1-14-4-9-20-19(12-14)18(15(2)23-20)13-21(24)22-11-10-16-5-7-17(25-3)8-6-16/h4-9,12,23H,10-11,13H2,1-3H3,(H,22,24). The van der Waals surface area contributed by atoms with E-state index in [9.17, 15) is 4.79 Å². The van der Waals surface area contributed by atoms with Gasteiger partial charge in [-0.25, -0.2) is 0 Å². The Labute approximate surface area is 148 Å². The van der Waals surface area contributed by atoms with Crippen LogP contribution >= 0.6 is 0 Å². The van der Waals surface area contributed by atoms with E-state index in [1.165, 1.54) is 11.1 Å². The van der Waals surface area contributed by atoms with Crippen LogP contribution in [0, 0.1) is 13.8 Å². The quantitative estimate of drug-likeness (QED) is 0.721. The Kier molecular flexibility index (Phi) is 5.08. The smallest absolute Gasteiger partial charge is 0.224 e. The van der Waals surface area contributed by atoms with Crippen LogP contribution in [0.5, 0.6) is 5.75 Å². The van der Waals surface area contributed by atoms with Crippen LogP contribution in [0.25, 0.3) is 10.9 Å². The molecule has 0 bridgehead atoms. The molecule has 2 N–H and O–H groups in total. The summed E-state index contributed by atoms with van der Waals surface area (Å²) in [7, 11) is 1.66. The van der Waals surface area contributed by atoms with Gasteiger partial charge in [0.15, 0.2) is 0 Å². The zero-order valence-electron chi connectivity index (χ0n) is 15.0. The van der Waals surface area contributed by atoms with E-state index in [-0.39, 0.29) is 5.91 Å². The van der Waals surface area contributed by atoms with Crippen molar-refractivity contribution in [3.05, 3.63) is 64.8 Å². The van der Waals surface area contributed by atoms with Gasteiger partial charge in [0.05, 0.1) is 13.5 Å². The normalized spacial score (nSPS) is 10.8. The second-order valence-electron chi connectivity index (χ2n) is 6.40. The molecule has 0 saturated carbocycles. The summed E-state index contributed by atoms with van der Waals surface area (Å²) in [4.78, 5) is 15.7. The number of aromatic amines is 1. The number of hydrogen-bond acceptors (Lipinski definition) is 2. The molecule has 1 amide bonds. The molecule has 0 aliphatic carbocycles. The summed E-state index contributed by atoms with van der Waals surface area (Å²) < 4.78 is 5.15. The number of ether oxygens (including phenoxy) is 1. The van der Waals surface area contributed by atoms with E-state index in [1.807, 2.05) is 31.2 Å². The molecule has 2 aromatic carbocycles. The van der Waals surface area contributed by atoms with Crippen molar-refractivity contribution in [3.63, 3.8) is 0 Å². The summed E-state index contributed by atoms with van der Waals surface area (Å²) in [5.41, 5.74) is 5.61. The molecule has 4 nitrogen and oxygen atoms in total. The number of benzene rings is 2. The number of carbonyl (C=O) groups excluding carboxylic acids is 1. The van der Waals surface area contributed by atoms with Crippen molar-refractivity contribution in [1.29, 1.82) is 0 Å². The largest absolute Gasteiger partial charge is 0.497 e. The highest BCUT2D eigenvalue weighted by Gasteiger charge is 2.12. The number of rotatable bonds is 6. The number of methoxy groups -OCH3 is 1. The Morgan fingerprint density at radius 1 is 1.12 bits per heavy atom. The monoisotopic (exact) mass is 336 g/mol. The Morgan fingerprint density at radius 2 is 1.88 bits per heavy atom. The van der Waals surface area contributed by atoms with Gasteiger partial charge in [-0.15, -0.1) is 0 Å². The maximum atomic E-state index is 12.3.